The molecule has 0 spiro atoms. The molecule has 0 atom stereocenters. The molecular formula is C14H19N3. The van der Waals surface area contributed by atoms with Crippen LogP contribution in [-0.2, 0) is 6.54 Å². The van der Waals surface area contributed by atoms with Crippen LogP contribution in [0.2, 0.25) is 0 Å². The van der Waals surface area contributed by atoms with Crippen LogP contribution >= 0.6 is 0 Å². The molecule has 1 N–H and O–H groups in total. The summed E-state index contributed by atoms with van der Waals surface area (Å²) in [6, 6.07) is 8.44. The van der Waals surface area contributed by atoms with Gasteiger partial charge in [-0.3, -0.25) is 0 Å². The highest BCUT2D eigenvalue weighted by Crippen LogP contribution is 2.22. The lowest BCUT2D eigenvalue weighted by atomic mass is 10.1. The van der Waals surface area contributed by atoms with Gasteiger partial charge in [0.15, 0.2) is 0 Å². The second-order valence-electron chi connectivity index (χ2n) is 4.24. The van der Waals surface area contributed by atoms with Crippen molar-refractivity contribution in [1.29, 1.82) is 0 Å². The maximum Gasteiger partial charge on any atom is 0.0950 e. The zero-order valence-corrected chi connectivity index (χ0v) is 10.5. The highest BCUT2D eigenvalue weighted by Gasteiger charge is 2.06. The van der Waals surface area contributed by atoms with E-state index in [-0.39, 0.29) is 0 Å². The van der Waals surface area contributed by atoms with Crippen molar-refractivity contribution < 1.29 is 0 Å². The molecule has 3 heteroatoms. The molecule has 90 valence electrons. The summed E-state index contributed by atoms with van der Waals surface area (Å²) in [5, 5.41) is 3.17. The van der Waals surface area contributed by atoms with Crippen LogP contribution in [0.25, 0.3) is 11.3 Å². The summed E-state index contributed by atoms with van der Waals surface area (Å²) in [7, 11) is 1.98. The van der Waals surface area contributed by atoms with Gasteiger partial charge in [0.2, 0.25) is 0 Å². The smallest absolute Gasteiger partial charge is 0.0950 e. The fourth-order valence-corrected chi connectivity index (χ4v) is 2.01. The third-order valence-electron chi connectivity index (χ3n) is 2.96. The normalized spacial score (nSPS) is 10.7. The van der Waals surface area contributed by atoms with Gasteiger partial charge in [-0.1, -0.05) is 24.3 Å². The van der Waals surface area contributed by atoms with Crippen LogP contribution in [0, 0.1) is 6.92 Å². The van der Waals surface area contributed by atoms with E-state index in [0.717, 1.165) is 19.5 Å². The maximum atomic E-state index is 4.26. The van der Waals surface area contributed by atoms with Gasteiger partial charge in [-0.05, 0) is 32.5 Å². The Kier molecular flexibility index (Phi) is 3.94. The number of benzene rings is 1. The van der Waals surface area contributed by atoms with Crippen molar-refractivity contribution >= 4 is 0 Å². The molecule has 0 saturated carbocycles. The topological polar surface area (TPSA) is 29.9 Å². The fourth-order valence-electron chi connectivity index (χ4n) is 2.01. The van der Waals surface area contributed by atoms with Crippen molar-refractivity contribution in [2.24, 2.45) is 0 Å². The van der Waals surface area contributed by atoms with Gasteiger partial charge >= 0.3 is 0 Å². The highest BCUT2D eigenvalue weighted by atomic mass is 15.0. The van der Waals surface area contributed by atoms with Crippen molar-refractivity contribution in [3.8, 4) is 11.3 Å². The molecule has 1 aromatic heterocycles. The monoisotopic (exact) mass is 229 g/mol. The fraction of sp³-hybridized carbons (Fsp3) is 0.357. The molecule has 2 aromatic rings. The zero-order valence-electron chi connectivity index (χ0n) is 10.5. The van der Waals surface area contributed by atoms with Crippen LogP contribution in [0.3, 0.4) is 0 Å². The van der Waals surface area contributed by atoms with Gasteiger partial charge in [0.1, 0.15) is 0 Å². The minimum atomic E-state index is 1.00. The van der Waals surface area contributed by atoms with Crippen molar-refractivity contribution in [3.63, 3.8) is 0 Å². The minimum Gasteiger partial charge on any atom is -0.331 e. The summed E-state index contributed by atoms with van der Waals surface area (Å²) in [4.78, 5) is 4.26. The summed E-state index contributed by atoms with van der Waals surface area (Å²) in [5.41, 5.74) is 3.77. The molecule has 1 aromatic carbocycles. The van der Waals surface area contributed by atoms with E-state index in [2.05, 4.69) is 46.1 Å². The first kappa shape index (κ1) is 11.9. The molecule has 17 heavy (non-hydrogen) atoms. The first-order valence-corrected chi connectivity index (χ1v) is 6.03. The SMILES string of the molecule is CNCCCn1cncc1-c1ccccc1C. The van der Waals surface area contributed by atoms with Crippen molar-refractivity contribution in [2.75, 3.05) is 13.6 Å². The second-order valence-corrected chi connectivity index (χ2v) is 4.24. The van der Waals surface area contributed by atoms with E-state index in [9.17, 15) is 0 Å². The summed E-state index contributed by atoms with van der Waals surface area (Å²) in [5.74, 6) is 0. The molecule has 0 fully saturated rings. The molecule has 1 heterocycles. The quantitative estimate of drug-likeness (QED) is 0.798. The van der Waals surface area contributed by atoms with Gasteiger partial charge in [-0.15, -0.1) is 0 Å². The number of imidazole rings is 1. The summed E-state index contributed by atoms with van der Waals surface area (Å²) >= 11 is 0. The Labute approximate surface area is 103 Å². The molecule has 2 rings (SSSR count). The van der Waals surface area contributed by atoms with Crippen LogP contribution in [0.15, 0.2) is 36.8 Å². The van der Waals surface area contributed by atoms with Crippen LogP contribution in [0.4, 0.5) is 0 Å². The Hall–Kier alpha value is -1.61. The molecule has 0 aliphatic heterocycles. The van der Waals surface area contributed by atoms with Gasteiger partial charge in [0.05, 0.1) is 18.2 Å². The first-order valence-electron chi connectivity index (χ1n) is 6.03. The number of hydrogen-bond acceptors (Lipinski definition) is 2. The Balaban J connectivity index is 2.22. The lowest BCUT2D eigenvalue weighted by Crippen LogP contribution is -2.11. The minimum absolute atomic E-state index is 1.00. The van der Waals surface area contributed by atoms with E-state index in [1.165, 1.54) is 16.8 Å². The molecule has 0 amide bonds. The predicted molar refractivity (Wildman–Crippen MR) is 70.9 cm³/mol. The van der Waals surface area contributed by atoms with E-state index in [0.29, 0.717) is 0 Å². The second kappa shape index (κ2) is 5.64. The number of aryl methyl sites for hydroxylation is 2. The van der Waals surface area contributed by atoms with Crippen LogP contribution in [0.1, 0.15) is 12.0 Å². The van der Waals surface area contributed by atoms with E-state index in [1.807, 2.05) is 19.6 Å². The van der Waals surface area contributed by atoms with Gasteiger partial charge in [0.25, 0.3) is 0 Å². The van der Waals surface area contributed by atoms with Gasteiger partial charge in [-0.2, -0.15) is 0 Å². The zero-order chi connectivity index (χ0) is 12.1. The third-order valence-corrected chi connectivity index (χ3v) is 2.96. The number of nitrogens with one attached hydrogen (secondary N) is 1. The van der Waals surface area contributed by atoms with E-state index in [4.69, 9.17) is 0 Å². The third kappa shape index (κ3) is 2.74. The highest BCUT2D eigenvalue weighted by molar-refractivity contribution is 5.63. The molecule has 0 radical (unpaired) electrons. The van der Waals surface area contributed by atoms with Crippen LogP contribution in [-0.4, -0.2) is 23.1 Å². The van der Waals surface area contributed by atoms with Gasteiger partial charge in [-0.25, -0.2) is 4.98 Å². The molecule has 0 aliphatic rings. The van der Waals surface area contributed by atoms with Gasteiger partial charge < -0.3 is 9.88 Å². The summed E-state index contributed by atoms with van der Waals surface area (Å²) in [6.07, 6.45) is 4.98. The first-order chi connectivity index (χ1) is 8.33. The Bertz CT molecular complexity index is 474. The summed E-state index contributed by atoms with van der Waals surface area (Å²) < 4.78 is 2.22. The number of nitrogens with zero attached hydrogens (tertiary/aromatic N) is 2. The largest absolute Gasteiger partial charge is 0.331 e. The van der Waals surface area contributed by atoms with E-state index >= 15 is 0 Å². The molecule has 0 aliphatic carbocycles. The molecule has 0 bridgehead atoms. The Morgan fingerprint density at radius 2 is 2.12 bits per heavy atom. The summed E-state index contributed by atoms with van der Waals surface area (Å²) in [6.45, 7) is 4.18. The molecular weight excluding hydrogens is 210 g/mol. The van der Waals surface area contributed by atoms with Crippen LogP contribution in [0.5, 0.6) is 0 Å². The Morgan fingerprint density at radius 1 is 1.29 bits per heavy atom. The number of rotatable bonds is 5. The molecule has 3 nitrogen and oxygen atoms in total. The van der Waals surface area contributed by atoms with Crippen molar-refractivity contribution in [3.05, 3.63) is 42.4 Å². The predicted octanol–water partition coefficient (Wildman–Crippen LogP) is 2.47. The lowest BCUT2D eigenvalue weighted by molar-refractivity contribution is 0.616. The maximum absolute atomic E-state index is 4.26. The molecule has 0 saturated heterocycles. The van der Waals surface area contributed by atoms with Crippen LogP contribution < -0.4 is 5.32 Å². The van der Waals surface area contributed by atoms with E-state index < -0.39 is 0 Å². The average Bonchev–Trinajstić information content (AvgIpc) is 2.78. The van der Waals surface area contributed by atoms with Crippen molar-refractivity contribution in [2.45, 2.75) is 19.9 Å². The average molecular weight is 229 g/mol. The van der Waals surface area contributed by atoms with E-state index in [1.54, 1.807) is 0 Å². The number of hydrogen-bond donors (Lipinski definition) is 1. The number of aromatic nitrogens is 2. The van der Waals surface area contributed by atoms with Gasteiger partial charge in [0, 0.05) is 12.1 Å². The molecule has 0 unspecified atom stereocenters. The lowest BCUT2D eigenvalue weighted by Gasteiger charge is -2.10. The standard InChI is InChI=1S/C14H19N3/c1-12-6-3-4-7-13(12)14-10-16-11-17(14)9-5-8-15-2/h3-4,6-7,10-11,15H,5,8-9H2,1-2H3. The Morgan fingerprint density at radius 3 is 2.88 bits per heavy atom. The van der Waals surface area contributed by atoms with Crippen molar-refractivity contribution in [1.82, 2.24) is 14.9 Å².